The number of rotatable bonds is 2. The SMILES string of the molecule is [2H]c1nn(-c2c([2H])c([2H])c([2H])c(OC([2H])([2H])[2H])c2[2H])c([2H])c1Br. The van der Waals surface area contributed by atoms with Gasteiger partial charge in [0.05, 0.1) is 35.7 Å². The Bertz CT molecular complexity index is 786. The molecular formula is C10H9BrN2O. The van der Waals surface area contributed by atoms with Gasteiger partial charge in [-0.3, -0.25) is 0 Å². The van der Waals surface area contributed by atoms with Gasteiger partial charge < -0.3 is 4.74 Å². The van der Waals surface area contributed by atoms with E-state index in [0.29, 0.717) is 0 Å². The van der Waals surface area contributed by atoms with Crippen molar-refractivity contribution < 1.29 is 17.1 Å². The summed E-state index contributed by atoms with van der Waals surface area (Å²) >= 11 is 2.96. The average Bonchev–Trinajstić information content (AvgIpc) is 2.69. The smallest absolute Gasteiger partial charge is 0.121 e. The Labute approximate surface area is 103 Å². The van der Waals surface area contributed by atoms with E-state index in [1.165, 1.54) is 0 Å². The maximum absolute atomic E-state index is 8.00. The quantitative estimate of drug-likeness (QED) is 0.831. The molecule has 0 amide bonds. The highest BCUT2D eigenvalue weighted by Gasteiger charge is 1.99. The lowest BCUT2D eigenvalue weighted by atomic mass is 10.3. The minimum Gasteiger partial charge on any atom is -0.497 e. The zero-order valence-electron chi connectivity index (χ0n) is 15.7. The first-order valence-corrected chi connectivity index (χ1v) is 4.26. The maximum atomic E-state index is 8.00. The van der Waals surface area contributed by atoms with Crippen molar-refractivity contribution in [2.75, 3.05) is 7.04 Å². The van der Waals surface area contributed by atoms with Crippen LogP contribution in [0.2, 0.25) is 0 Å². The van der Waals surface area contributed by atoms with Crippen LogP contribution in [0.4, 0.5) is 0 Å². The second kappa shape index (κ2) is 3.84. The van der Waals surface area contributed by atoms with Crippen LogP contribution in [0.15, 0.2) is 41.0 Å². The van der Waals surface area contributed by atoms with Crippen LogP contribution >= 0.6 is 15.9 Å². The molecule has 0 spiro atoms. The largest absolute Gasteiger partial charge is 0.497 e. The van der Waals surface area contributed by atoms with Gasteiger partial charge in [-0.1, -0.05) is 6.04 Å². The molecule has 72 valence electrons. The number of nitrogens with zero attached hydrogens (tertiary/aromatic N) is 2. The van der Waals surface area contributed by atoms with E-state index in [-0.39, 0.29) is 16.8 Å². The summed E-state index contributed by atoms with van der Waals surface area (Å²) in [5.41, 5.74) is -0.408. The molecule has 3 nitrogen and oxygen atoms in total. The Kier molecular flexibility index (Phi) is 0.926. The van der Waals surface area contributed by atoms with Crippen molar-refractivity contribution in [3.63, 3.8) is 0 Å². The Morgan fingerprint density at radius 2 is 2.57 bits per heavy atom. The number of benzene rings is 1. The molecule has 0 N–H and O–H groups in total. The highest BCUT2D eigenvalue weighted by molar-refractivity contribution is 9.10. The van der Waals surface area contributed by atoms with E-state index in [1.54, 1.807) is 0 Å². The van der Waals surface area contributed by atoms with Crippen LogP contribution in [-0.4, -0.2) is 16.8 Å². The predicted octanol–water partition coefficient (Wildman–Crippen LogP) is 2.64. The van der Waals surface area contributed by atoms with Gasteiger partial charge in [-0.05, 0) is 28.0 Å². The van der Waals surface area contributed by atoms with Crippen LogP contribution in [0.3, 0.4) is 0 Å². The lowest BCUT2D eigenvalue weighted by Crippen LogP contribution is -1.94. The first-order valence-electron chi connectivity index (χ1n) is 7.97. The van der Waals surface area contributed by atoms with E-state index in [2.05, 4.69) is 25.8 Å². The fraction of sp³-hybridized carbons (Fsp3) is 0.100. The maximum Gasteiger partial charge on any atom is 0.121 e. The normalized spacial score (nSPS) is 20.2. The van der Waals surface area contributed by atoms with E-state index in [9.17, 15) is 0 Å². The highest BCUT2D eigenvalue weighted by atomic mass is 79.9. The molecule has 1 aromatic carbocycles. The second-order valence-electron chi connectivity index (χ2n) is 2.23. The number of halogens is 1. The Morgan fingerprint density at radius 3 is 3.29 bits per heavy atom. The highest BCUT2D eigenvalue weighted by Crippen LogP contribution is 2.17. The van der Waals surface area contributed by atoms with Crippen LogP contribution in [0.5, 0.6) is 5.75 Å². The van der Waals surface area contributed by atoms with Crippen molar-refractivity contribution in [2.24, 2.45) is 0 Å². The average molecular weight is 262 g/mol. The molecule has 0 atom stereocenters. The molecule has 14 heavy (non-hydrogen) atoms. The van der Waals surface area contributed by atoms with E-state index >= 15 is 0 Å². The van der Waals surface area contributed by atoms with Crippen molar-refractivity contribution in [3.8, 4) is 11.4 Å². The van der Waals surface area contributed by atoms with Crippen LogP contribution in [-0.2, 0) is 0 Å². The number of aromatic nitrogens is 2. The molecule has 0 unspecified atom stereocenters. The Hall–Kier alpha value is -1.29. The van der Waals surface area contributed by atoms with E-state index in [0.717, 1.165) is 4.68 Å². The summed E-state index contributed by atoms with van der Waals surface area (Å²) in [6.45, 7) is 0. The Morgan fingerprint density at radius 1 is 1.64 bits per heavy atom. The van der Waals surface area contributed by atoms with Crippen molar-refractivity contribution >= 4 is 15.9 Å². The van der Waals surface area contributed by atoms with E-state index < -0.39 is 42.6 Å². The van der Waals surface area contributed by atoms with E-state index in [1.807, 2.05) is 0 Å². The summed E-state index contributed by atoms with van der Waals surface area (Å²) in [5.74, 6) is -0.710. The van der Waals surface area contributed by atoms with Crippen molar-refractivity contribution in [1.29, 1.82) is 0 Å². The molecule has 0 saturated heterocycles. The third-order valence-electron chi connectivity index (χ3n) is 1.35. The van der Waals surface area contributed by atoms with Crippen molar-refractivity contribution in [2.45, 2.75) is 0 Å². The molecule has 0 bridgehead atoms. The molecule has 0 radical (unpaired) electrons. The fourth-order valence-electron chi connectivity index (χ4n) is 0.817. The van der Waals surface area contributed by atoms with E-state index in [4.69, 9.17) is 12.3 Å². The summed E-state index contributed by atoms with van der Waals surface area (Å²) in [6.07, 6.45) is -0.678. The van der Waals surface area contributed by atoms with Crippen molar-refractivity contribution in [1.82, 2.24) is 9.78 Å². The topological polar surface area (TPSA) is 27.1 Å². The molecule has 0 fully saturated rings. The van der Waals surface area contributed by atoms with Gasteiger partial charge in [0.25, 0.3) is 0 Å². The van der Waals surface area contributed by atoms with Crippen molar-refractivity contribution in [3.05, 3.63) is 41.0 Å². The number of ether oxygens (including phenoxy) is 1. The molecule has 0 aliphatic carbocycles. The molecule has 1 heterocycles. The molecule has 1 aromatic heterocycles. The molecule has 0 aliphatic rings. The third kappa shape index (κ3) is 1.80. The first kappa shape index (κ1) is 3.38. The number of methoxy groups -OCH3 is 1. The summed E-state index contributed by atoms with van der Waals surface area (Å²) in [5, 5.41) is 3.68. The van der Waals surface area contributed by atoms with Crippen LogP contribution in [0, 0.1) is 0 Å². The van der Waals surface area contributed by atoms with Crippen LogP contribution in [0.1, 0.15) is 12.3 Å². The zero-order valence-corrected chi connectivity index (χ0v) is 8.27. The molecule has 2 rings (SSSR count). The minimum absolute atomic E-state index is 0.0103. The molecule has 4 heteroatoms. The van der Waals surface area contributed by atoms with Gasteiger partial charge >= 0.3 is 0 Å². The molecule has 0 aliphatic heterocycles. The van der Waals surface area contributed by atoms with Gasteiger partial charge in [0.2, 0.25) is 0 Å². The number of hydrogen-bond donors (Lipinski definition) is 0. The monoisotopic (exact) mass is 261 g/mol. The van der Waals surface area contributed by atoms with Gasteiger partial charge in [0, 0.05) is 12.2 Å². The number of hydrogen-bond acceptors (Lipinski definition) is 2. The second-order valence-corrected chi connectivity index (χ2v) is 3.02. The molecule has 2 aromatic rings. The fourth-order valence-corrected chi connectivity index (χ4v) is 1.06. The lowest BCUT2D eigenvalue weighted by molar-refractivity contribution is 0.414. The summed E-state index contributed by atoms with van der Waals surface area (Å²) in [4.78, 5) is 0. The Balaban J connectivity index is 2.81. The van der Waals surface area contributed by atoms with Crippen LogP contribution in [0.25, 0.3) is 5.69 Å². The lowest BCUT2D eigenvalue weighted by Gasteiger charge is -2.03. The van der Waals surface area contributed by atoms with Crippen LogP contribution < -0.4 is 4.74 Å². The summed E-state index contributed by atoms with van der Waals surface area (Å²) in [7, 11) is -2.95. The molecule has 0 saturated carbocycles. The summed E-state index contributed by atoms with van der Waals surface area (Å²) < 4.78 is 73.3. The first-order chi connectivity index (χ1) is 10.5. The van der Waals surface area contributed by atoms with Gasteiger partial charge in [0.1, 0.15) is 5.75 Å². The zero-order chi connectivity index (χ0) is 17.7. The molecular weight excluding hydrogens is 244 g/mol. The standard InChI is InChI=1S/C10H9BrN2O/c1-14-10-4-2-3-9(5-10)13-7-8(11)6-12-13/h2-7H,1H3/i1D3,2D,3D,4D,5D,6D,7D. The van der Waals surface area contributed by atoms with Gasteiger partial charge in [0.15, 0.2) is 0 Å². The summed E-state index contributed by atoms with van der Waals surface area (Å²) in [6, 6.07) is -2.66. The predicted molar refractivity (Wildman–Crippen MR) is 57.8 cm³/mol. The van der Waals surface area contributed by atoms with Gasteiger partial charge in [-0.2, -0.15) is 5.10 Å². The third-order valence-corrected chi connectivity index (χ3v) is 1.71. The minimum atomic E-state index is -2.95. The van der Waals surface area contributed by atoms with Gasteiger partial charge in [-0.25, -0.2) is 4.68 Å². The van der Waals surface area contributed by atoms with Gasteiger partial charge in [-0.15, -0.1) is 0 Å².